The standard InChI is InChI=1S/C27H30N6O/c1-18-10-12-31(15-18)26-19(2)16-32-17-20(13-25(32)29-26)24-9-5-6-11-33(24)27(34)22-14-28-30-23-8-4-3-7-21(22)23/h3-4,7-8,13-14,16-18,24H,5-6,9-12,15H2,1-2H3/t18-,24-/m0/s1. The van der Waals surface area contributed by atoms with Crippen LogP contribution in [0.1, 0.15) is 60.1 Å². The summed E-state index contributed by atoms with van der Waals surface area (Å²) in [5.41, 5.74) is 4.66. The van der Waals surface area contributed by atoms with E-state index in [1.807, 2.05) is 29.2 Å². The average molecular weight is 455 g/mol. The zero-order valence-corrected chi connectivity index (χ0v) is 19.8. The van der Waals surface area contributed by atoms with Gasteiger partial charge in [-0.3, -0.25) is 4.79 Å². The summed E-state index contributed by atoms with van der Waals surface area (Å²) in [4.78, 5) is 23.2. The number of nitrogens with zero attached hydrogens (tertiary/aromatic N) is 6. The van der Waals surface area contributed by atoms with Crippen molar-refractivity contribution in [2.24, 2.45) is 5.92 Å². The summed E-state index contributed by atoms with van der Waals surface area (Å²) >= 11 is 0. The second-order valence-corrected chi connectivity index (χ2v) is 9.91. The minimum atomic E-state index is 0.0296. The molecule has 2 saturated heterocycles. The number of carbonyl (C=O) groups is 1. The van der Waals surface area contributed by atoms with E-state index >= 15 is 0 Å². The number of carbonyl (C=O) groups excluding carboxylic acids is 1. The Kier molecular flexibility index (Phi) is 5.20. The predicted octanol–water partition coefficient (Wildman–Crippen LogP) is 4.80. The normalized spacial score (nSPS) is 21.0. The number of likely N-dealkylation sites (tertiary alicyclic amines) is 1. The number of anilines is 1. The number of piperidine rings is 1. The molecular formula is C27H30N6O. The maximum absolute atomic E-state index is 13.8. The van der Waals surface area contributed by atoms with Crippen LogP contribution in [0.15, 0.2) is 48.9 Å². The van der Waals surface area contributed by atoms with Crippen LogP contribution in [0.4, 0.5) is 5.82 Å². The lowest BCUT2D eigenvalue weighted by atomic mass is 9.96. The van der Waals surface area contributed by atoms with Gasteiger partial charge in [0.2, 0.25) is 0 Å². The van der Waals surface area contributed by atoms with E-state index in [9.17, 15) is 4.79 Å². The van der Waals surface area contributed by atoms with Crippen LogP contribution in [0, 0.1) is 12.8 Å². The molecule has 0 aliphatic carbocycles. The Hall–Kier alpha value is -3.48. The molecule has 4 aromatic rings. The molecule has 174 valence electrons. The molecule has 2 aliphatic rings. The molecule has 0 saturated carbocycles. The first-order chi connectivity index (χ1) is 16.6. The highest BCUT2D eigenvalue weighted by Crippen LogP contribution is 2.35. The van der Waals surface area contributed by atoms with Crippen molar-refractivity contribution < 1.29 is 4.79 Å². The molecule has 7 heteroatoms. The van der Waals surface area contributed by atoms with Crippen LogP contribution in [-0.4, -0.2) is 50.0 Å². The Morgan fingerprint density at radius 3 is 2.82 bits per heavy atom. The number of benzene rings is 1. The van der Waals surface area contributed by atoms with Gasteiger partial charge in [0.1, 0.15) is 11.5 Å². The van der Waals surface area contributed by atoms with E-state index in [0.29, 0.717) is 11.5 Å². The van der Waals surface area contributed by atoms with Crippen LogP contribution in [0.5, 0.6) is 0 Å². The first kappa shape index (κ1) is 21.1. The molecule has 6 rings (SSSR count). The molecule has 0 spiro atoms. The molecule has 0 N–H and O–H groups in total. The van der Waals surface area contributed by atoms with E-state index < -0.39 is 0 Å². The third-order valence-electron chi connectivity index (χ3n) is 7.40. The van der Waals surface area contributed by atoms with Gasteiger partial charge in [-0.1, -0.05) is 25.1 Å². The highest BCUT2D eigenvalue weighted by molar-refractivity contribution is 6.05. The molecular weight excluding hydrogens is 424 g/mol. The molecule has 0 bridgehead atoms. The monoisotopic (exact) mass is 454 g/mol. The summed E-state index contributed by atoms with van der Waals surface area (Å²) in [7, 11) is 0. The summed E-state index contributed by atoms with van der Waals surface area (Å²) in [6.45, 7) is 7.32. The largest absolute Gasteiger partial charge is 0.356 e. The molecule has 0 radical (unpaired) electrons. The lowest BCUT2D eigenvalue weighted by Gasteiger charge is -2.35. The second kappa shape index (κ2) is 8.38. The molecule has 1 aromatic carbocycles. The fourth-order valence-electron chi connectivity index (χ4n) is 5.63. The van der Waals surface area contributed by atoms with Crippen molar-refractivity contribution in [2.75, 3.05) is 24.5 Å². The Labute approximate surface area is 199 Å². The summed E-state index contributed by atoms with van der Waals surface area (Å²) in [5, 5.41) is 9.16. The van der Waals surface area contributed by atoms with Gasteiger partial charge in [-0.15, -0.1) is 0 Å². The number of hydrogen-bond donors (Lipinski definition) is 0. The third kappa shape index (κ3) is 3.59. The average Bonchev–Trinajstić information content (AvgIpc) is 3.48. The molecule has 2 aliphatic heterocycles. The molecule has 0 unspecified atom stereocenters. The summed E-state index contributed by atoms with van der Waals surface area (Å²) in [6.07, 6.45) is 10.2. The smallest absolute Gasteiger partial charge is 0.256 e. The number of rotatable bonds is 3. The Bertz CT molecular complexity index is 1370. The van der Waals surface area contributed by atoms with E-state index in [4.69, 9.17) is 4.98 Å². The number of fused-ring (bicyclic) bond motifs is 2. The van der Waals surface area contributed by atoms with Crippen LogP contribution in [0.2, 0.25) is 0 Å². The van der Waals surface area contributed by atoms with Gasteiger partial charge < -0.3 is 14.2 Å². The zero-order valence-electron chi connectivity index (χ0n) is 19.8. The van der Waals surface area contributed by atoms with E-state index in [2.05, 4.69) is 51.8 Å². The highest BCUT2D eigenvalue weighted by atomic mass is 16.2. The van der Waals surface area contributed by atoms with Gasteiger partial charge in [-0.2, -0.15) is 10.2 Å². The maximum Gasteiger partial charge on any atom is 0.256 e. The fraction of sp³-hybridized carbons (Fsp3) is 0.407. The SMILES string of the molecule is Cc1cn2cc([C@@H]3CCCCN3C(=O)c3cnnc4ccccc34)cc2nc1N1CC[C@H](C)C1. The third-order valence-corrected chi connectivity index (χ3v) is 7.40. The fourth-order valence-corrected chi connectivity index (χ4v) is 5.63. The molecule has 5 heterocycles. The Morgan fingerprint density at radius 1 is 1.09 bits per heavy atom. The van der Waals surface area contributed by atoms with Crippen molar-refractivity contribution in [3.8, 4) is 0 Å². The summed E-state index contributed by atoms with van der Waals surface area (Å²) in [6, 6.07) is 9.93. The van der Waals surface area contributed by atoms with Gasteiger partial charge in [0.25, 0.3) is 5.91 Å². The topological polar surface area (TPSA) is 66.6 Å². The minimum absolute atomic E-state index is 0.0296. The minimum Gasteiger partial charge on any atom is -0.356 e. The molecule has 2 atom stereocenters. The first-order valence-corrected chi connectivity index (χ1v) is 12.3. The van der Waals surface area contributed by atoms with Crippen LogP contribution < -0.4 is 4.90 Å². The maximum atomic E-state index is 13.8. The Morgan fingerprint density at radius 2 is 1.97 bits per heavy atom. The quantitative estimate of drug-likeness (QED) is 0.445. The van der Waals surface area contributed by atoms with Crippen molar-refractivity contribution in [1.29, 1.82) is 0 Å². The van der Waals surface area contributed by atoms with Crippen LogP contribution >= 0.6 is 0 Å². The second-order valence-electron chi connectivity index (χ2n) is 9.91. The van der Waals surface area contributed by atoms with Gasteiger partial charge in [-0.25, -0.2) is 4.98 Å². The highest BCUT2D eigenvalue weighted by Gasteiger charge is 2.31. The molecule has 1 amide bonds. The van der Waals surface area contributed by atoms with Gasteiger partial charge in [0.15, 0.2) is 0 Å². The number of hydrogen-bond acceptors (Lipinski definition) is 5. The predicted molar refractivity (Wildman–Crippen MR) is 133 cm³/mol. The Balaban J connectivity index is 1.35. The van der Waals surface area contributed by atoms with Crippen molar-refractivity contribution in [2.45, 2.75) is 45.6 Å². The molecule has 3 aromatic heterocycles. The summed E-state index contributed by atoms with van der Waals surface area (Å²) < 4.78 is 2.12. The van der Waals surface area contributed by atoms with E-state index in [-0.39, 0.29) is 11.9 Å². The molecule has 34 heavy (non-hydrogen) atoms. The first-order valence-electron chi connectivity index (χ1n) is 12.3. The van der Waals surface area contributed by atoms with E-state index in [0.717, 1.165) is 66.8 Å². The van der Waals surface area contributed by atoms with Crippen LogP contribution in [0.3, 0.4) is 0 Å². The molecule has 7 nitrogen and oxygen atoms in total. The molecule has 2 fully saturated rings. The van der Waals surface area contributed by atoms with Gasteiger partial charge in [0.05, 0.1) is 23.3 Å². The van der Waals surface area contributed by atoms with Crippen molar-refractivity contribution in [1.82, 2.24) is 24.5 Å². The van der Waals surface area contributed by atoms with E-state index in [1.165, 1.54) is 12.0 Å². The van der Waals surface area contributed by atoms with Gasteiger partial charge in [-0.05, 0) is 56.2 Å². The van der Waals surface area contributed by atoms with Gasteiger partial charge in [0, 0.05) is 43.0 Å². The van der Waals surface area contributed by atoms with Crippen molar-refractivity contribution in [3.63, 3.8) is 0 Å². The van der Waals surface area contributed by atoms with Gasteiger partial charge >= 0.3 is 0 Å². The van der Waals surface area contributed by atoms with Crippen molar-refractivity contribution >= 4 is 28.3 Å². The van der Waals surface area contributed by atoms with Crippen LogP contribution in [0.25, 0.3) is 16.6 Å². The lowest BCUT2D eigenvalue weighted by Crippen LogP contribution is -2.38. The van der Waals surface area contributed by atoms with Crippen molar-refractivity contribution in [3.05, 3.63) is 65.6 Å². The number of aromatic nitrogens is 4. The number of amides is 1. The van der Waals surface area contributed by atoms with Crippen LogP contribution in [-0.2, 0) is 0 Å². The number of aryl methyl sites for hydroxylation is 1. The van der Waals surface area contributed by atoms with E-state index in [1.54, 1.807) is 6.20 Å². The zero-order chi connectivity index (χ0) is 23.2. The summed E-state index contributed by atoms with van der Waals surface area (Å²) in [5.74, 6) is 1.83. The lowest BCUT2D eigenvalue weighted by molar-refractivity contribution is 0.0613.